The normalized spacial score (nSPS) is 17.0. The largest absolute Gasteiger partial charge is 0.497 e. The Morgan fingerprint density at radius 2 is 1.84 bits per heavy atom. The van der Waals surface area contributed by atoms with Crippen molar-refractivity contribution >= 4 is 24.2 Å². The zero-order valence-electron chi connectivity index (χ0n) is 14.6. The molecule has 2 aliphatic rings. The van der Waals surface area contributed by atoms with Gasteiger partial charge in [-0.1, -0.05) is 6.07 Å². The third kappa shape index (κ3) is 5.34. The Bertz CT molecular complexity index is 599. The Morgan fingerprint density at radius 1 is 1.16 bits per heavy atom. The highest BCUT2D eigenvalue weighted by Crippen LogP contribution is 2.27. The average molecular weight is 368 g/mol. The van der Waals surface area contributed by atoms with E-state index in [1.165, 1.54) is 12.8 Å². The van der Waals surface area contributed by atoms with Crippen molar-refractivity contribution in [1.82, 2.24) is 15.1 Å². The standard InChI is InChI=1S/C18H25N3O3.ClH/c1-24-16-4-2-3-15(11-16)18(23)21-9-7-20(8-10-21)17(22)13-19-12-14-5-6-14;/h2-4,11,14,19H,5-10,12-13H2,1H3;1H. The third-order valence-corrected chi connectivity index (χ3v) is 4.64. The quantitative estimate of drug-likeness (QED) is 0.825. The van der Waals surface area contributed by atoms with Crippen LogP contribution in [0.15, 0.2) is 24.3 Å². The highest BCUT2D eigenvalue weighted by Gasteiger charge is 2.25. The first kappa shape index (κ1) is 19.5. The van der Waals surface area contributed by atoms with Crippen LogP contribution in [-0.4, -0.2) is 68.0 Å². The van der Waals surface area contributed by atoms with E-state index in [9.17, 15) is 9.59 Å². The second-order valence-corrected chi connectivity index (χ2v) is 6.48. The van der Waals surface area contributed by atoms with Crippen LogP contribution in [-0.2, 0) is 4.79 Å². The van der Waals surface area contributed by atoms with Crippen LogP contribution in [0.4, 0.5) is 0 Å². The molecule has 1 heterocycles. The molecule has 0 atom stereocenters. The van der Waals surface area contributed by atoms with Crippen LogP contribution in [0.3, 0.4) is 0 Å². The summed E-state index contributed by atoms with van der Waals surface area (Å²) < 4.78 is 5.17. The summed E-state index contributed by atoms with van der Waals surface area (Å²) in [6, 6.07) is 7.19. The van der Waals surface area contributed by atoms with E-state index in [1.807, 2.05) is 17.0 Å². The van der Waals surface area contributed by atoms with E-state index in [1.54, 1.807) is 24.1 Å². The van der Waals surface area contributed by atoms with Gasteiger partial charge in [-0.25, -0.2) is 0 Å². The second-order valence-electron chi connectivity index (χ2n) is 6.48. The van der Waals surface area contributed by atoms with Crippen molar-refractivity contribution in [3.05, 3.63) is 29.8 Å². The van der Waals surface area contributed by atoms with Gasteiger partial charge in [0, 0.05) is 31.7 Å². The number of amides is 2. The number of ether oxygens (including phenoxy) is 1. The van der Waals surface area contributed by atoms with Gasteiger partial charge in [0.15, 0.2) is 0 Å². The highest BCUT2D eigenvalue weighted by atomic mass is 35.5. The predicted molar refractivity (Wildman–Crippen MR) is 98.3 cm³/mol. The zero-order chi connectivity index (χ0) is 16.9. The number of carbonyl (C=O) groups excluding carboxylic acids is 2. The fraction of sp³-hybridized carbons (Fsp3) is 0.556. The van der Waals surface area contributed by atoms with E-state index in [2.05, 4.69) is 5.32 Å². The van der Waals surface area contributed by atoms with E-state index >= 15 is 0 Å². The minimum atomic E-state index is -0.00661. The predicted octanol–water partition coefficient (Wildman–Crippen LogP) is 1.40. The molecule has 0 bridgehead atoms. The molecule has 2 fully saturated rings. The molecule has 1 aliphatic heterocycles. The summed E-state index contributed by atoms with van der Waals surface area (Å²) in [5.41, 5.74) is 0.625. The lowest BCUT2D eigenvalue weighted by Gasteiger charge is -2.35. The van der Waals surface area contributed by atoms with Gasteiger partial charge in [0.2, 0.25) is 5.91 Å². The number of carbonyl (C=O) groups is 2. The Balaban J connectivity index is 0.00000225. The van der Waals surface area contributed by atoms with E-state index in [0.717, 1.165) is 12.5 Å². The molecule has 0 spiro atoms. The summed E-state index contributed by atoms with van der Waals surface area (Å²) in [6.07, 6.45) is 2.57. The van der Waals surface area contributed by atoms with Crippen molar-refractivity contribution in [3.8, 4) is 5.75 Å². The van der Waals surface area contributed by atoms with Gasteiger partial charge in [0.25, 0.3) is 5.91 Å². The van der Waals surface area contributed by atoms with Gasteiger partial charge in [0.1, 0.15) is 5.75 Å². The van der Waals surface area contributed by atoms with Gasteiger partial charge in [-0.2, -0.15) is 0 Å². The Morgan fingerprint density at radius 3 is 2.48 bits per heavy atom. The monoisotopic (exact) mass is 367 g/mol. The van der Waals surface area contributed by atoms with Crippen molar-refractivity contribution in [1.29, 1.82) is 0 Å². The molecule has 25 heavy (non-hydrogen) atoms. The lowest BCUT2D eigenvalue weighted by atomic mass is 10.1. The minimum absolute atomic E-state index is 0. The first-order valence-electron chi connectivity index (χ1n) is 8.59. The molecule has 1 saturated heterocycles. The molecule has 7 heteroatoms. The molecule has 3 rings (SSSR count). The van der Waals surface area contributed by atoms with Crippen LogP contribution in [0.2, 0.25) is 0 Å². The van der Waals surface area contributed by atoms with Gasteiger partial charge in [0.05, 0.1) is 13.7 Å². The number of hydrogen-bond acceptors (Lipinski definition) is 4. The number of methoxy groups -OCH3 is 1. The average Bonchev–Trinajstić information content (AvgIpc) is 3.45. The lowest BCUT2D eigenvalue weighted by Crippen LogP contribution is -2.52. The zero-order valence-corrected chi connectivity index (χ0v) is 15.4. The lowest BCUT2D eigenvalue weighted by molar-refractivity contribution is -0.131. The molecule has 2 amide bonds. The molecule has 1 aliphatic carbocycles. The number of nitrogens with one attached hydrogen (secondary N) is 1. The first-order valence-corrected chi connectivity index (χ1v) is 8.59. The number of rotatable bonds is 6. The fourth-order valence-corrected chi connectivity index (χ4v) is 2.91. The smallest absolute Gasteiger partial charge is 0.254 e. The minimum Gasteiger partial charge on any atom is -0.497 e. The van der Waals surface area contributed by atoms with Crippen LogP contribution < -0.4 is 10.1 Å². The molecule has 6 nitrogen and oxygen atoms in total. The summed E-state index contributed by atoms with van der Waals surface area (Å²) in [5.74, 6) is 1.57. The van der Waals surface area contributed by atoms with E-state index < -0.39 is 0 Å². The summed E-state index contributed by atoms with van der Waals surface area (Å²) in [6.45, 7) is 3.69. The molecule has 1 aromatic rings. The Kier molecular flexibility index (Phi) is 7.08. The van der Waals surface area contributed by atoms with Gasteiger partial charge in [-0.3, -0.25) is 9.59 Å². The summed E-state index contributed by atoms with van der Waals surface area (Å²) in [5, 5.41) is 3.23. The summed E-state index contributed by atoms with van der Waals surface area (Å²) in [4.78, 5) is 28.4. The van der Waals surface area contributed by atoms with Crippen molar-refractivity contribution in [2.75, 3.05) is 46.4 Å². The summed E-state index contributed by atoms with van der Waals surface area (Å²) >= 11 is 0. The van der Waals surface area contributed by atoms with Crippen molar-refractivity contribution in [2.24, 2.45) is 5.92 Å². The van der Waals surface area contributed by atoms with Crippen LogP contribution in [0, 0.1) is 5.92 Å². The topological polar surface area (TPSA) is 61.9 Å². The van der Waals surface area contributed by atoms with E-state index in [-0.39, 0.29) is 24.2 Å². The van der Waals surface area contributed by atoms with Gasteiger partial charge < -0.3 is 19.9 Å². The molecular weight excluding hydrogens is 342 g/mol. The van der Waals surface area contributed by atoms with E-state index in [0.29, 0.717) is 44.0 Å². The fourth-order valence-electron chi connectivity index (χ4n) is 2.91. The maximum Gasteiger partial charge on any atom is 0.254 e. The number of halogens is 1. The number of nitrogens with zero attached hydrogens (tertiary/aromatic N) is 2. The van der Waals surface area contributed by atoms with E-state index in [4.69, 9.17) is 4.74 Å². The van der Waals surface area contributed by atoms with Crippen LogP contribution in [0.1, 0.15) is 23.2 Å². The van der Waals surface area contributed by atoms with Crippen molar-refractivity contribution in [2.45, 2.75) is 12.8 Å². The molecular formula is C18H26ClN3O3. The Hall–Kier alpha value is -1.79. The van der Waals surface area contributed by atoms with Gasteiger partial charge in [-0.15, -0.1) is 12.4 Å². The molecule has 1 N–H and O–H groups in total. The molecule has 0 aromatic heterocycles. The first-order chi connectivity index (χ1) is 11.7. The maximum atomic E-state index is 12.6. The molecule has 0 radical (unpaired) electrons. The molecule has 0 unspecified atom stereocenters. The van der Waals surface area contributed by atoms with Crippen molar-refractivity contribution < 1.29 is 14.3 Å². The Labute approximate surface area is 154 Å². The third-order valence-electron chi connectivity index (χ3n) is 4.64. The maximum absolute atomic E-state index is 12.6. The summed E-state index contributed by atoms with van der Waals surface area (Å²) in [7, 11) is 1.59. The van der Waals surface area contributed by atoms with Crippen molar-refractivity contribution in [3.63, 3.8) is 0 Å². The SMILES string of the molecule is COc1cccc(C(=O)N2CCN(C(=O)CNCC3CC3)CC2)c1.Cl. The molecule has 1 saturated carbocycles. The van der Waals surface area contributed by atoms with Gasteiger partial charge in [-0.05, 0) is 43.5 Å². The molecule has 1 aromatic carbocycles. The molecule has 138 valence electrons. The van der Waals surface area contributed by atoms with Crippen LogP contribution in [0.5, 0.6) is 5.75 Å². The van der Waals surface area contributed by atoms with Crippen LogP contribution >= 0.6 is 12.4 Å². The number of hydrogen-bond donors (Lipinski definition) is 1. The van der Waals surface area contributed by atoms with Crippen LogP contribution in [0.25, 0.3) is 0 Å². The number of piperazine rings is 1. The highest BCUT2D eigenvalue weighted by molar-refractivity contribution is 5.94. The number of benzene rings is 1. The second kappa shape index (κ2) is 9.06. The van der Waals surface area contributed by atoms with Gasteiger partial charge >= 0.3 is 0 Å².